The smallest absolute Gasteiger partial charge is 0.316 e. The maximum atomic E-state index is 12.4. The first-order valence-electron chi connectivity index (χ1n) is 8.94. The number of anilines is 1. The van der Waals surface area contributed by atoms with Crippen molar-refractivity contribution in [1.82, 2.24) is 0 Å². The fraction of sp³-hybridized carbons (Fsp3) is 0.333. The standard InChI is InChI=1S/C21H23NO4/c1-3-15-5-9-19(10-6-15)26-21(24)16-13-20(23)22(14-16)17-7-11-18(12-8-17)25-4-2/h5-12,16H,3-4,13-14H2,1-2H3/t16-/m1/s1. The van der Waals surface area contributed by atoms with Gasteiger partial charge < -0.3 is 14.4 Å². The van der Waals surface area contributed by atoms with Crippen molar-refractivity contribution in [1.29, 1.82) is 0 Å². The highest BCUT2D eigenvalue weighted by Gasteiger charge is 2.36. The van der Waals surface area contributed by atoms with Crippen molar-refractivity contribution in [2.45, 2.75) is 26.7 Å². The SMILES string of the molecule is CCOc1ccc(N2C[C@H](C(=O)Oc3ccc(CC)cc3)CC2=O)cc1. The van der Waals surface area contributed by atoms with Gasteiger partial charge in [0.15, 0.2) is 0 Å². The number of nitrogens with zero attached hydrogens (tertiary/aromatic N) is 1. The summed E-state index contributed by atoms with van der Waals surface area (Å²) in [5, 5.41) is 0. The van der Waals surface area contributed by atoms with Crippen LogP contribution in [0.4, 0.5) is 5.69 Å². The highest BCUT2D eigenvalue weighted by molar-refractivity contribution is 5.99. The summed E-state index contributed by atoms with van der Waals surface area (Å²) in [4.78, 5) is 26.4. The number of carbonyl (C=O) groups excluding carboxylic acids is 2. The molecule has 1 amide bonds. The first-order valence-corrected chi connectivity index (χ1v) is 8.94. The molecule has 0 aromatic heterocycles. The molecule has 136 valence electrons. The lowest BCUT2D eigenvalue weighted by Crippen LogP contribution is -2.27. The van der Waals surface area contributed by atoms with Crippen molar-refractivity contribution >= 4 is 17.6 Å². The number of benzene rings is 2. The van der Waals surface area contributed by atoms with Gasteiger partial charge in [-0.2, -0.15) is 0 Å². The van der Waals surface area contributed by atoms with Gasteiger partial charge in [-0.3, -0.25) is 9.59 Å². The minimum absolute atomic E-state index is 0.0718. The molecule has 0 N–H and O–H groups in total. The van der Waals surface area contributed by atoms with Crippen molar-refractivity contribution in [3.63, 3.8) is 0 Å². The molecule has 2 aromatic rings. The van der Waals surface area contributed by atoms with Crippen LogP contribution in [0, 0.1) is 5.92 Å². The molecule has 26 heavy (non-hydrogen) atoms. The fourth-order valence-electron chi connectivity index (χ4n) is 3.00. The number of hydrogen-bond acceptors (Lipinski definition) is 4. The van der Waals surface area contributed by atoms with E-state index in [9.17, 15) is 9.59 Å². The van der Waals surface area contributed by atoms with Crippen molar-refractivity contribution in [3.8, 4) is 11.5 Å². The summed E-state index contributed by atoms with van der Waals surface area (Å²) in [6.45, 7) is 4.92. The molecule has 1 fully saturated rings. The molecule has 5 nitrogen and oxygen atoms in total. The predicted molar refractivity (Wildman–Crippen MR) is 99.5 cm³/mol. The van der Waals surface area contributed by atoms with Crippen LogP contribution < -0.4 is 14.4 Å². The predicted octanol–water partition coefficient (Wildman–Crippen LogP) is 3.61. The summed E-state index contributed by atoms with van der Waals surface area (Å²) in [7, 11) is 0. The number of rotatable bonds is 6. The Morgan fingerprint density at radius 3 is 2.31 bits per heavy atom. The minimum atomic E-state index is -0.458. The van der Waals surface area contributed by atoms with Crippen LogP contribution in [0.1, 0.15) is 25.8 Å². The Kier molecular flexibility index (Phi) is 5.56. The van der Waals surface area contributed by atoms with Crippen LogP contribution in [-0.2, 0) is 16.0 Å². The van der Waals surface area contributed by atoms with Crippen LogP contribution >= 0.6 is 0 Å². The van der Waals surface area contributed by atoms with Gasteiger partial charge >= 0.3 is 5.97 Å². The first kappa shape index (κ1) is 18.0. The quantitative estimate of drug-likeness (QED) is 0.588. The molecule has 3 rings (SSSR count). The summed E-state index contributed by atoms with van der Waals surface area (Å²) in [6.07, 6.45) is 1.10. The molecule has 1 aliphatic rings. The highest BCUT2D eigenvalue weighted by atomic mass is 16.5. The van der Waals surface area contributed by atoms with Gasteiger partial charge in [0, 0.05) is 18.7 Å². The zero-order valence-corrected chi connectivity index (χ0v) is 15.1. The minimum Gasteiger partial charge on any atom is -0.494 e. The van der Waals surface area contributed by atoms with Crippen molar-refractivity contribution < 1.29 is 19.1 Å². The molecule has 1 aliphatic heterocycles. The first-order chi connectivity index (χ1) is 12.6. The molecule has 5 heteroatoms. The van der Waals surface area contributed by atoms with E-state index in [1.807, 2.05) is 43.3 Å². The van der Waals surface area contributed by atoms with E-state index in [0.29, 0.717) is 18.9 Å². The number of ether oxygens (including phenoxy) is 2. The lowest BCUT2D eigenvalue weighted by atomic mass is 10.1. The Balaban J connectivity index is 1.63. The third-order valence-electron chi connectivity index (χ3n) is 4.47. The second-order valence-electron chi connectivity index (χ2n) is 6.25. The lowest BCUT2D eigenvalue weighted by Gasteiger charge is -2.17. The summed E-state index contributed by atoms with van der Waals surface area (Å²) < 4.78 is 10.9. The number of carbonyl (C=O) groups is 2. The topological polar surface area (TPSA) is 55.8 Å². The molecular formula is C21H23NO4. The zero-order chi connectivity index (χ0) is 18.5. The van der Waals surface area contributed by atoms with Gasteiger partial charge in [-0.15, -0.1) is 0 Å². The van der Waals surface area contributed by atoms with Crippen LogP contribution in [0.15, 0.2) is 48.5 Å². The van der Waals surface area contributed by atoms with E-state index in [1.54, 1.807) is 17.0 Å². The van der Waals surface area contributed by atoms with E-state index >= 15 is 0 Å². The van der Waals surface area contributed by atoms with E-state index in [0.717, 1.165) is 17.9 Å². The van der Waals surface area contributed by atoms with Crippen LogP contribution in [0.25, 0.3) is 0 Å². The summed E-state index contributed by atoms with van der Waals surface area (Å²) in [5.41, 5.74) is 1.95. The van der Waals surface area contributed by atoms with E-state index in [2.05, 4.69) is 6.92 Å². The van der Waals surface area contributed by atoms with E-state index in [4.69, 9.17) is 9.47 Å². The Morgan fingerprint density at radius 2 is 1.69 bits per heavy atom. The number of hydrogen-bond donors (Lipinski definition) is 0. The normalized spacial score (nSPS) is 16.6. The van der Waals surface area contributed by atoms with Gasteiger partial charge in [0.1, 0.15) is 11.5 Å². The molecule has 0 saturated carbocycles. The monoisotopic (exact) mass is 353 g/mol. The maximum Gasteiger partial charge on any atom is 0.316 e. The Bertz CT molecular complexity index is 768. The van der Waals surface area contributed by atoms with Crippen LogP contribution in [-0.4, -0.2) is 25.0 Å². The molecule has 0 spiro atoms. The van der Waals surface area contributed by atoms with Gasteiger partial charge in [0.2, 0.25) is 5.91 Å². The third kappa shape index (κ3) is 4.04. The van der Waals surface area contributed by atoms with E-state index < -0.39 is 5.92 Å². The number of esters is 1. The second-order valence-corrected chi connectivity index (χ2v) is 6.25. The molecule has 1 saturated heterocycles. The van der Waals surface area contributed by atoms with Crippen LogP contribution in [0.3, 0.4) is 0 Å². The average molecular weight is 353 g/mol. The molecule has 0 unspecified atom stereocenters. The molecular weight excluding hydrogens is 330 g/mol. The molecule has 0 bridgehead atoms. The van der Waals surface area contributed by atoms with Crippen molar-refractivity contribution in [3.05, 3.63) is 54.1 Å². The highest BCUT2D eigenvalue weighted by Crippen LogP contribution is 2.28. The van der Waals surface area contributed by atoms with Crippen molar-refractivity contribution in [2.24, 2.45) is 5.92 Å². The summed E-state index contributed by atoms with van der Waals surface area (Å²) >= 11 is 0. The largest absolute Gasteiger partial charge is 0.494 e. The number of amides is 1. The molecule has 0 radical (unpaired) electrons. The molecule has 1 atom stereocenters. The van der Waals surface area contributed by atoms with E-state index in [-0.39, 0.29) is 18.3 Å². The third-order valence-corrected chi connectivity index (χ3v) is 4.47. The Hall–Kier alpha value is -2.82. The lowest BCUT2D eigenvalue weighted by molar-refractivity contribution is -0.139. The summed E-state index contributed by atoms with van der Waals surface area (Å²) in [5.74, 6) is 0.377. The van der Waals surface area contributed by atoms with E-state index in [1.165, 1.54) is 5.56 Å². The maximum absolute atomic E-state index is 12.4. The second kappa shape index (κ2) is 8.04. The Morgan fingerprint density at radius 1 is 1.04 bits per heavy atom. The van der Waals surface area contributed by atoms with Crippen LogP contribution in [0.5, 0.6) is 11.5 Å². The number of aryl methyl sites for hydroxylation is 1. The molecule has 2 aromatic carbocycles. The molecule has 0 aliphatic carbocycles. The van der Waals surface area contributed by atoms with Crippen LogP contribution in [0.2, 0.25) is 0 Å². The zero-order valence-electron chi connectivity index (χ0n) is 15.1. The van der Waals surface area contributed by atoms with Gasteiger partial charge in [-0.05, 0) is 55.3 Å². The fourth-order valence-corrected chi connectivity index (χ4v) is 3.00. The van der Waals surface area contributed by atoms with Gasteiger partial charge in [0.25, 0.3) is 0 Å². The average Bonchev–Trinajstić information content (AvgIpc) is 3.05. The van der Waals surface area contributed by atoms with Gasteiger partial charge in [-0.25, -0.2) is 0 Å². The molecule has 1 heterocycles. The van der Waals surface area contributed by atoms with Gasteiger partial charge in [0.05, 0.1) is 12.5 Å². The van der Waals surface area contributed by atoms with Crippen molar-refractivity contribution in [2.75, 3.05) is 18.1 Å². The van der Waals surface area contributed by atoms with Gasteiger partial charge in [-0.1, -0.05) is 19.1 Å². The Labute approximate surface area is 153 Å². The summed E-state index contributed by atoms with van der Waals surface area (Å²) in [6, 6.07) is 14.8.